The van der Waals surface area contributed by atoms with Gasteiger partial charge in [-0.15, -0.1) is 0 Å². The van der Waals surface area contributed by atoms with Gasteiger partial charge in [0.25, 0.3) is 0 Å². The van der Waals surface area contributed by atoms with E-state index in [1.807, 2.05) is 6.92 Å². The Bertz CT molecular complexity index is 935. The molecule has 152 valence electrons. The first-order valence-electron chi connectivity index (χ1n) is 9.32. The average molecular weight is 394 g/mol. The van der Waals surface area contributed by atoms with Crippen molar-refractivity contribution in [3.05, 3.63) is 46.8 Å². The van der Waals surface area contributed by atoms with Gasteiger partial charge in [-0.2, -0.15) is 5.26 Å². The molecule has 0 spiro atoms. The van der Waals surface area contributed by atoms with E-state index in [9.17, 15) is 10.1 Å². The maximum absolute atomic E-state index is 12.1. The third-order valence-electron chi connectivity index (χ3n) is 4.22. The minimum absolute atomic E-state index is 0.000957. The van der Waals surface area contributed by atoms with Gasteiger partial charge in [0, 0.05) is 11.8 Å². The highest BCUT2D eigenvalue weighted by Crippen LogP contribution is 2.37. The SMILES string of the molecule is CCCC1=C(C#N)C(C2=CC=CC(=N)C2=N)/C(=C/NC(=O)OC(C)(C)C)C(N)=N1. The van der Waals surface area contributed by atoms with E-state index >= 15 is 0 Å². The van der Waals surface area contributed by atoms with Gasteiger partial charge in [-0.25, -0.2) is 9.79 Å². The van der Waals surface area contributed by atoms with Crippen LogP contribution in [-0.2, 0) is 4.74 Å². The van der Waals surface area contributed by atoms with E-state index in [-0.39, 0.29) is 17.3 Å². The predicted molar refractivity (Wildman–Crippen MR) is 113 cm³/mol. The van der Waals surface area contributed by atoms with Gasteiger partial charge >= 0.3 is 6.09 Å². The van der Waals surface area contributed by atoms with Crippen LogP contribution < -0.4 is 11.1 Å². The molecule has 0 saturated heterocycles. The lowest BCUT2D eigenvalue weighted by atomic mass is 9.77. The van der Waals surface area contributed by atoms with Crippen molar-refractivity contribution in [3.63, 3.8) is 0 Å². The van der Waals surface area contributed by atoms with Crippen LogP contribution in [0.1, 0.15) is 40.5 Å². The summed E-state index contributed by atoms with van der Waals surface area (Å²) in [5.74, 6) is -0.546. The maximum atomic E-state index is 12.1. The molecule has 8 nitrogen and oxygen atoms in total. The summed E-state index contributed by atoms with van der Waals surface area (Å²) >= 11 is 0. The minimum atomic E-state index is -0.702. The number of aliphatic imine (C=N–C) groups is 1. The lowest BCUT2D eigenvalue weighted by Gasteiger charge is -2.29. The Morgan fingerprint density at radius 2 is 2.14 bits per heavy atom. The number of carbonyl (C=O) groups is 1. The molecule has 0 aromatic carbocycles. The summed E-state index contributed by atoms with van der Waals surface area (Å²) < 4.78 is 5.24. The molecule has 1 unspecified atom stereocenters. The first-order chi connectivity index (χ1) is 13.6. The third-order valence-corrected chi connectivity index (χ3v) is 4.22. The zero-order chi connectivity index (χ0) is 21.8. The zero-order valence-electron chi connectivity index (χ0n) is 17.1. The molecule has 0 radical (unpaired) electrons. The molecule has 1 heterocycles. The van der Waals surface area contributed by atoms with Crippen LogP contribution >= 0.6 is 0 Å². The van der Waals surface area contributed by atoms with Crippen LogP contribution in [0.4, 0.5) is 4.79 Å². The molecule has 8 heteroatoms. The molecule has 0 saturated carbocycles. The van der Waals surface area contributed by atoms with Gasteiger partial charge in [-0.05, 0) is 38.8 Å². The fourth-order valence-electron chi connectivity index (χ4n) is 3.03. The largest absolute Gasteiger partial charge is 0.444 e. The molecule has 2 rings (SSSR count). The van der Waals surface area contributed by atoms with E-state index in [0.29, 0.717) is 28.8 Å². The number of carbonyl (C=O) groups excluding carboxylic acids is 1. The number of amides is 1. The number of rotatable bonds is 4. The van der Waals surface area contributed by atoms with Crippen LogP contribution in [0, 0.1) is 28.1 Å². The van der Waals surface area contributed by atoms with Gasteiger partial charge in [0.2, 0.25) is 0 Å². The number of amidine groups is 1. The molecule has 0 aromatic rings. The fraction of sp³-hybridized carbons (Fsp3) is 0.381. The van der Waals surface area contributed by atoms with Crippen molar-refractivity contribution in [2.45, 2.75) is 46.1 Å². The van der Waals surface area contributed by atoms with Crippen LogP contribution in [-0.4, -0.2) is 29.0 Å². The Labute approximate surface area is 170 Å². The Morgan fingerprint density at radius 3 is 2.72 bits per heavy atom. The molecule has 1 aliphatic heterocycles. The second-order valence-electron chi connectivity index (χ2n) is 7.67. The van der Waals surface area contributed by atoms with Crippen LogP contribution in [0.5, 0.6) is 0 Å². The molecule has 0 fully saturated rings. The van der Waals surface area contributed by atoms with Crippen molar-refractivity contribution in [2.75, 3.05) is 0 Å². The van der Waals surface area contributed by atoms with Crippen LogP contribution in [0.3, 0.4) is 0 Å². The van der Waals surface area contributed by atoms with Crippen molar-refractivity contribution in [1.82, 2.24) is 5.32 Å². The fourth-order valence-corrected chi connectivity index (χ4v) is 3.03. The molecular weight excluding hydrogens is 368 g/mol. The number of nitrogens with two attached hydrogens (primary N) is 1. The summed E-state index contributed by atoms with van der Waals surface area (Å²) in [4.78, 5) is 16.5. The number of nitrogens with one attached hydrogen (secondary N) is 3. The van der Waals surface area contributed by atoms with E-state index in [1.165, 1.54) is 12.3 Å². The van der Waals surface area contributed by atoms with E-state index in [1.54, 1.807) is 32.9 Å². The molecule has 5 N–H and O–H groups in total. The lowest BCUT2D eigenvalue weighted by molar-refractivity contribution is 0.0552. The van der Waals surface area contributed by atoms with Crippen molar-refractivity contribution in [2.24, 2.45) is 16.6 Å². The zero-order valence-corrected chi connectivity index (χ0v) is 17.1. The Hall–Kier alpha value is -3.47. The average Bonchev–Trinajstić information content (AvgIpc) is 2.61. The number of alkyl carbamates (subject to hydrolysis) is 1. The molecule has 1 aliphatic carbocycles. The quantitative estimate of drug-likeness (QED) is 0.540. The summed E-state index contributed by atoms with van der Waals surface area (Å²) in [6.07, 6.45) is 6.88. The molecule has 2 aliphatic rings. The van der Waals surface area contributed by atoms with Crippen LogP contribution in [0.15, 0.2) is 51.8 Å². The molecule has 0 bridgehead atoms. The van der Waals surface area contributed by atoms with Gasteiger partial charge < -0.3 is 10.5 Å². The standard InChI is InChI=1S/C21H26N6O2/c1-5-7-16-13(10-22)17(12-8-6-9-15(23)18(12)24)14(19(25)27-16)11-26-20(28)29-21(2,3)4/h6,8-9,11,17,23-24H,5,7H2,1-4H3,(H2,25,27)(H,26,28)/b14-11-,23-15?,24-18?. The molecular formula is C21H26N6O2. The monoisotopic (exact) mass is 394 g/mol. The number of ether oxygens (including phenoxy) is 1. The molecule has 1 amide bonds. The summed E-state index contributed by atoms with van der Waals surface area (Å²) in [6, 6.07) is 2.20. The van der Waals surface area contributed by atoms with Crippen LogP contribution in [0.2, 0.25) is 0 Å². The van der Waals surface area contributed by atoms with Gasteiger partial charge in [-0.3, -0.25) is 16.1 Å². The predicted octanol–water partition coefficient (Wildman–Crippen LogP) is 3.50. The molecule has 0 aromatic heterocycles. The maximum Gasteiger partial charge on any atom is 0.411 e. The Balaban J connectivity index is 2.54. The molecule has 29 heavy (non-hydrogen) atoms. The number of hydrogen-bond acceptors (Lipinski definition) is 7. The second kappa shape index (κ2) is 8.69. The Kier molecular flexibility index (Phi) is 6.54. The van der Waals surface area contributed by atoms with Crippen molar-refractivity contribution in [1.29, 1.82) is 16.1 Å². The van der Waals surface area contributed by atoms with Crippen molar-refractivity contribution >= 4 is 23.4 Å². The van der Waals surface area contributed by atoms with Crippen molar-refractivity contribution < 1.29 is 9.53 Å². The number of nitrogens with zero attached hydrogens (tertiary/aromatic N) is 2. The first kappa shape index (κ1) is 21.8. The van der Waals surface area contributed by atoms with Gasteiger partial charge in [0.15, 0.2) is 0 Å². The third kappa shape index (κ3) is 5.08. The summed E-state index contributed by atoms with van der Waals surface area (Å²) in [5, 5.41) is 28.7. The van der Waals surface area contributed by atoms with E-state index in [4.69, 9.17) is 21.3 Å². The highest BCUT2D eigenvalue weighted by molar-refractivity contribution is 6.51. The number of nitriles is 1. The van der Waals surface area contributed by atoms with Gasteiger partial charge in [0.1, 0.15) is 11.4 Å². The number of allylic oxidation sites excluding steroid dienone is 6. The summed E-state index contributed by atoms with van der Waals surface area (Å²) in [5.41, 5.74) is 7.30. The van der Waals surface area contributed by atoms with Gasteiger partial charge in [-0.1, -0.05) is 25.5 Å². The van der Waals surface area contributed by atoms with E-state index < -0.39 is 17.6 Å². The van der Waals surface area contributed by atoms with Gasteiger partial charge in [0.05, 0.1) is 34.7 Å². The highest BCUT2D eigenvalue weighted by atomic mass is 16.6. The second-order valence-corrected chi connectivity index (χ2v) is 7.67. The topological polar surface area (TPSA) is 148 Å². The first-order valence-corrected chi connectivity index (χ1v) is 9.32. The van der Waals surface area contributed by atoms with Crippen LogP contribution in [0.25, 0.3) is 0 Å². The highest BCUT2D eigenvalue weighted by Gasteiger charge is 2.35. The molecule has 1 atom stereocenters. The number of hydrogen-bond donors (Lipinski definition) is 4. The smallest absolute Gasteiger partial charge is 0.411 e. The van der Waals surface area contributed by atoms with E-state index in [0.717, 1.165) is 6.42 Å². The normalized spacial score (nSPS) is 20.9. The summed E-state index contributed by atoms with van der Waals surface area (Å²) in [6.45, 7) is 7.22. The minimum Gasteiger partial charge on any atom is -0.444 e. The summed E-state index contributed by atoms with van der Waals surface area (Å²) in [7, 11) is 0. The van der Waals surface area contributed by atoms with Crippen molar-refractivity contribution in [3.8, 4) is 6.07 Å². The van der Waals surface area contributed by atoms with E-state index in [2.05, 4.69) is 16.4 Å². The lowest BCUT2D eigenvalue weighted by Crippen LogP contribution is -2.35. The Morgan fingerprint density at radius 1 is 1.45 bits per heavy atom.